The summed E-state index contributed by atoms with van der Waals surface area (Å²) in [6.45, 7) is 14.5. The van der Waals surface area contributed by atoms with Gasteiger partial charge >= 0.3 is 0 Å². The molecule has 3 aliphatic rings. The summed E-state index contributed by atoms with van der Waals surface area (Å²) in [5.74, 6) is 2.35. The zero-order valence-corrected chi connectivity index (χ0v) is 77.4. The number of benzene rings is 17. The van der Waals surface area contributed by atoms with Gasteiger partial charge in [0.15, 0.2) is 17.5 Å². The highest BCUT2D eigenvalue weighted by Crippen LogP contribution is 2.45. The molecule has 10 nitrogen and oxygen atoms in total. The van der Waals surface area contributed by atoms with Crippen LogP contribution in [0.4, 0.5) is 0 Å². The van der Waals surface area contributed by atoms with E-state index in [0.717, 1.165) is 90.7 Å². The number of para-hydroxylation sites is 8. The average molecular weight is 1750 g/mol. The van der Waals surface area contributed by atoms with Crippen LogP contribution < -0.4 is 31.5 Å². The lowest BCUT2D eigenvalue weighted by atomic mass is 10.00. The van der Waals surface area contributed by atoms with Gasteiger partial charge in [-0.15, -0.1) is 0 Å². The first-order valence-electron chi connectivity index (χ1n) is 45.8. The smallest absolute Gasteiger partial charge is 0.159 e. The minimum absolute atomic E-state index is 0.775. The van der Waals surface area contributed by atoms with Gasteiger partial charge in [0.2, 0.25) is 0 Å². The van der Waals surface area contributed by atoms with Crippen LogP contribution in [-0.2, 0) is 0 Å². The maximum atomic E-state index is 5.50. The predicted octanol–water partition coefficient (Wildman–Crippen LogP) is 26.2. The number of rotatable bonds is 10. The van der Waals surface area contributed by atoms with Gasteiger partial charge in [-0.1, -0.05) is 343 Å². The largest absolute Gasteiger partial charge is 0.309 e. The fourth-order valence-corrected chi connectivity index (χ4v) is 30.5. The zero-order valence-electron chi connectivity index (χ0n) is 74.4. The molecule has 0 saturated heterocycles. The van der Waals surface area contributed by atoms with Crippen molar-refractivity contribution in [2.45, 2.75) is 39.3 Å². The van der Waals surface area contributed by atoms with Crippen LogP contribution in [0.5, 0.6) is 0 Å². The van der Waals surface area contributed by atoms with Crippen molar-refractivity contribution in [3.05, 3.63) is 425 Å². The Balaban J connectivity index is 0.000000109. The molecule has 7 aromatic heterocycles. The first kappa shape index (κ1) is 79.0. The van der Waals surface area contributed by atoms with Crippen LogP contribution in [0.25, 0.3) is 211 Å². The summed E-state index contributed by atoms with van der Waals surface area (Å²) in [5, 5.41) is 17.9. The zero-order chi connectivity index (χ0) is 89.0. The minimum Gasteiger partial charge on any atom is -0.309 e. The fraction of sp³-hybridized carbons (Fsp3) is 0.0500. The number of hydrogen-bond donors (Lipinski definition) is 0. The lowest BCUT2D eigenvalue weighted by Gasteiger charge is -2.19. The molecule has 0 spiro atoms. The van der Waals surface area contributed by atoms with Gasteiger partial charge in [-0.05, 0) is 154 Å². The first-order chi connectivity index (χ1) is 65.3. The summed E-state index contributed by atoms with van der Waals surface area (Å²) in [7, 11) is -6.11. The molecule has 24 aromatic rings. The van der Waals surface area contributed by atoms with Gasteiger partial charge < -0.3 is 18.3 Å². The summed E-state index contributed by atoms with van der Waals surface area (Å²) >= 11 is 0. The summed E-state index contributed by atoms with van der Waals surface area (Å²) in [6.07, 6.45) is 0. The maximum Gasteiger partial charge on any atom is 0.159 e. The minimum atomic E-state index is -2.12. The van der Waals surface area contributed by atoms with Crippen molar-refractivity contribution in [1.29, 1.82) is 0 Å². The summed E-state index contributed by atoms with van der Waals surface area (Å²) in [6, 6.07) is 152. The van der Waals surface area contributed by atoms with E-state index in [9.17, 15) is 0 Å². The highest BCUT2D eigenvalue weighted by Gasteiger charge is 2.45. The van der Waals surface area contributed by atoms with E-state index in [1.54, 1.807) is 0 Å². The second kappa shape index (κ2) is 31.0. The van der Waals surface area contributed by atoms with Crippen molar-refractivity contribution in [3.8, 4) is 124 Å². The highest BCUT2D eigenvalue weighted by atomic mass is 28.3. The molecule has 27 rings (SSSR count). The van der Waals surface area contributed by atoms with Crippen LogP contribution in [0, 0.1) is 0 Å². The van der Waals surface area contributed by atoms with E-state index in [2.05, 4.69) is 482 Å². The van der Waals surface area contributed by atoms with E-state index in [-0.39, 0.29) is 0 Å². The Morgan fingerprint density at radius 2 is 0.414 bits per heavy atom. The number of nitrogens with zero attached hydrogens (tertiary/aromatic N) is 10. The Morgan fingerprint density at radius 1 is 0.173 bits per heavy atom. The topological polar surface area (TPSA) is 97.1 Å². The molecule has 0 fully saturated rings. The second-order valence-corrected chi connectivity index (χ2v) is 49.6. The molecule has 0 radical (unpaired) electrons. The molecule has 133 heavy (non-hydrogen) atoms. The third kappa shape index (κ3) is 12.6. The Labute approximate surface area is 773 Å². The summed E-state index contributed by atoms with van der Waals surface area (Å²) < 4.78 is 9.43. The van der Waals surface area contributed by atoms with Crippen molar-refractivity contribution in [1.82, 2.24) is 48.2 Å². The van der Waals surface area contributed by atoms with E-state index in [4.69, 9.17) is 29.9 Å². The molecule has 13 heteroatoms. The van der Waals surface area contributed by atoms with E-state index in [1.807, 2.05) is 0 Å². The Kier molecular flexibility index (Phi) is 18.4. The SMILES string of the molecule is C[Si]1(C)c2ccccc2-c2c(-c3ccc(-n4c5ccccc5c5ccccc54)cc3)nc(-c3ccc4c(c3)c3ccccc3n4-c3ccccc3)nc21.C[Si]1(C)c2ccccc2-c2c(-c3ccccc3)nc(-c3ccc(-n4c5ccccc5c5ccccc54)cc3)nc21.C[Si]1(C)c2ccccc2-c2c(-c3ccccc3)nc(-c3cccc(-n4c5ccccc5c5ccccc54)c3)nc21. The standard InChI is InChI=1S/C48H34N4Si.2C36H27N3Si/c1-53(2)44-23-13-9-19-38(44)45-46(31-24-27-34(28-25-31)52-40-20-10-6-16-35(40)36-17-7-11-21-41(36)52)49-47(50-48(45)53)32-26-29-43-39(30-32)37-18-8-12-22-42(37)51(43)33-14-4-3-5-15-33;1-40(2)32-22-11-8-19-29(32)33-34(24-13-4-3-5-14-24)37-35(38-36(33)40)25-15-12-16-26(23-25)39-30-20-9-6-17-27(30)28-18-7-10-21-31(28)39;1-40(2)32-19-11-8-16-29(32)33-34(24-12-4-3-5-13-24)37-35(38-36(33)40)25-20-22-26(23-21-25)39-30-17-9-6-14-27(30)28-15-7-10-18-31(28)39/h3-30H,1-2H3;2*3-23H,1-2H3. The van der Waals surface area contributed by atoms with Crippen molar-refractivity contribution in [2.75, 3.05) is 0 Å². The van der Waals surface area contributed by atoms with E-state index >= 15 is 0 Å². The van der Waals surface area contributed by atoms with Crippen LogP contribution in [0.15, 0.2) is 425 Å². The van der Waals surface area contributed by atoms with Gasteiger partial charge in [0.1, 0.15) is 24.2 Å². The van der Waals surface area contributed by atoms with Gasteiger partial charge in [-0.2, -0.15) is 0 Å². The van der Waals surface area contributed by atoms with Crippen molar-refractivity contribution in [2.24, 2.45) is 0 Å². The van der Waals surface area contributed by atoms with Crippen molar-refractivity contribution >= 4 is 143 Å². The molecule has 0 atom stereocenters. The van der Waals surface area contributed by atoms with Gasteiger partial charge in [0.05, 0.1) is 61.2 Å². The van der Waals surface area contributed by atoms with Crippen LogP contribution >= 0.6 is 0 Å². The van der Waals surface area contributed by atoms with E-state index < -0.39 is 24.2 Å². The molecule has 0 aliphatic carbocycles. The van der Waals surface area contributed by atoms with Gasteiger partial charge in [-0.3, -0.25) is 0 Å². The van der Waals surface area contributed by atoms with Crippen molar-refractivity contribution < 1.29 is 0 Å². The van der Waals surface area contributed by atoms with Gasteiger partial charge in [-0.25, -0.2) is 29.9 Å². The van der Waals surface area contributed by atoms with Gasteiger partial charge in [0.25, 0.3) is 0 Å². The molecule has 10 heterocycles. The summed E-state index contributed by atoms with van der Waals surface area (Å²) in [5.41, 5.74) is 31.1. The average Bonchev–Trinajstić information content (AvgIpc) is 1.57. The third-order valence-corrected chi connectivity index (χ3v) is 38.0. The lowest BCUT2D eigenvalue weighted by molar-refractivity contribution is 1.17. The fourth-order valence-electron chi connectivity index (χ4n) is 21.7. The van der Waals surface area contributed by atoms with Crippen LogP contribution in [-0.4, -0.2) is 72.4 Å². The second-order valence-electron chi connectivity index (χ2n) is 36.8. The molecule has 630 valence electrons. The lowest BCUT2D eigenvalue weighted by Crippen LogP contribution is -2.50. The first-order valence-corrected chi connectivity index (χ1v) is 54.8. The quantitative estimate of drug-likeness (QED) is 0.127. The maximum absolute atomic E-state index is 5.50. The monoisotopic (exact) mass is 1750 g/mol. The van der Waals surface area contributed by atoms with Crippen molar-refractivity contribution in [3.63, 3.8) is 0 Å². The van der Waals surface area contributed by atoms with E-state index in [1.165, 1.54) is 152 Å². The number of fused-ring (bicyclic) bond motifs is 21. The molecular formula is C120H88N10Si3. The molecule has 0 unspecified atom stereocenters. The molecular weight excluding hydrogens is 1670 g/mol. The molecule has 17 aromatic carbocycles. The Hall–Kier alpha value is -16.2. The third-order valence-electron chi connectivity index (χ3n) is 28.0. The summed E-state index contributed by atoms with van der Waals surface area (Å²) in [4.78, 5) is 32.2. The normalized spacial score (nSPS) is 13.4. The Bertz CT molecular complexity index is 8690. The van der Waals surface area contributed by atoms with Crippen LogP contribution in [0.2, 0.25) is 39.3 Å². The van der Waals surface area contributed by atoms with Crippen LogP contribution in [0.3, 0.4) is 0 Å². The number of aromatic nitrogens is 10. The molecule has 0 bridgehead atoms. The van der Waals surface area contributed by atoms with Gasteiger partial charge in [0, 0.05) is 132 Å². The molecule has 3 aliphatic heterocycles. The highest BCUT2D eigenvalue weighted by molar-refractivity contribution is 7.04. The van der Waals surface area contributed by atoms with E-state index in [0.29, 0.717) is 0 Å². The molecule has 0 N–H and O–H groups in total. The molecule has 0 amide bonds. The number of hydrogen-bond acceptors (Lipinski definition) is 6. The predicted molar refractivity (Wildman–Crippen MR) is 563 cm³/mol. The van der Waals surface area contributed by atoms with Crippen LogP contribution in [0.1, 0.15) is 0 Å². The Morgan fingerprint density at radius 3 is 0.774 bits per heavy atom. The molecule has 0 saturated carbocycles.